The van der Waals surface area contributed by atoms with Crippen LogP contribution in [0.2, 0.25) is 0 Å². The molecule has 0 radical (unpaired) electrons. The lowest BCUT2D eigenvalue weighted by Gasteiger charge is -2.21. The van der Waals surface area contributed by atoms with E-state index in [1.54, 1.807) is 13.8 Å². The Morgan fingerprint density at radius 3 is 2.60 bits per heavy atom. The van der Waals surface area contributed by atoms with Crippen LogP contribution in [0.4, 0.5) is 0 Å². The highest BCUT2D eigenvalue weighted by atomic mass is 16.4. The first-order chi connectivity index (χ1) is 9.40. The summed E-state index contributed by atoms with van der Waals surface area (Å²) in [6, 6.07) is 0. The van der Waals surface area contributed by atoms with Gasteiger partial charge in [-0.05, 0) is 38.2 Å². The maximum absolute atomic E-state index is 12.5. The molecule has 0 spiro atoms. The van der Waals surface area contributed by atoms with Crippen LogP contribution in [-0.2, 0) is 4.79 Å². The third kappa shape index (κ3) is 3.04. The molecule has 0 aliphatic heterocycles. The average molecular weight is 279 g/mol. The first-order valence-corrected chi connectivity index (χ1v) is 6.47. The van der Waals surface area contributed by atoms with E-state index in [-0.39, 0.29) is 5.56 Å². The number of carboxylic acid groups (broad SMARTS) is 1. The summed E-state index contributed by atoms with van der Waals surface area (Å²) in [7, 11) is 0. The second-order valence-electron chi connectivity index (χ2n) is 5.16. The van der Waals surface area contributed by atoms with Crippen molar-refractivity contribution < 1.29 is 14.7 Å². The highest BCUT2D eigenvalue weighted by Gasteiger charge is 2.30. The van der Waals surface area contributed by atoms with E-state index < -0.39 is 24.0 Å². The maximum atomic E-state index is 12.5. The van der Waals surface area contributed by atoms with Crippen LogP contribution in [0.25, 0.3) is 0 Å². The fraction of sp³-hybridized carbons (Fsp3) is 0.538. The van der Waals surface area contributed by atoms with Gasteiger partial charge in [0.25, 0.3) is 11.5 Å². The molecule has 0 unspecified atom stereocenters. The molecule has 1 aromatic heterocycles. The minimum atomic E-state index is -1.08. The number of hydrogen-bond donors (Lipinski definition) is 2. The van der Waals surface area contributed by atoms with Crippen molar-refractivity contribution in [2.45, 2.75) is 26.7 Å². The minimum absolute atomic E-state index is 0.0144. The lowest BCUT2D eigenvalue weighted by atomic mass is 10.1. The van der Waals surface area contributed by atoms with Crippen LogP contribution in [0.3, 0.4) is 0 Å². The number of carbonyl (C=O) groups excluding carboxylic acids is 1. The number of hydrogen-bond acceptors (Lipinski definition) is 4. The van der Waals surface area contributed by atoms with Gasteiger partial charge in [-0.2, -0.15) is 5.10 Å². The third-order valence-corrected chi connectivity index (χ3v) is 3.47. The highest BCUT2D eigenvalue weighted by molar-refractivity contribution is 5.96. The molecule has 1 saturated carbocycles. The van der Waals surface area contributed by atoms with Crippen LogP contribution in [0.15, 0.2) is 4.79 Å². The monoisotopic (exact) mass is 279 g/mol. The van der Waals surface area contributed by atoms with Gasteiger partial charge in [0.05, 0.1) is 5.69 Å². The lowest BCUT2D eigenvalue weighted by molar-refractivity contribution is -0.137. The molecule has 108 valence electrons. The molecule has 1 fully saturated rings. The molecule has 0 atom stereocenters. The molecule has 1 aliphatic rings. The molecule has 7 nitrogen and oxygen atoms in total. The van der Waals surface area contributed by atoms with Gasteiger partial charge in [-0.3, -0.25) is 14.4 Å². The Kier molecular flexibility index (Phi) is 3.87. The topological polar surface area (TPSA) is 103 Å². The first kappa shape index (κ1) is 14.2. The number of carboxylic acids is 1. The summed E-state index contributed by atoms with van der Waals surface area (Å²) in [6.45, 7) is 3.31. The summed E-state index contributed by atoms with van der Waals surface area (Å²) in [5.74, 6) is -1.27. The summed E-state index contributed by atoms with van der Waals surface area (Å²) in [4.78, 5) is 36.4. The highest BCUT2D eigenvalue weighted by Crippen LogP contribution is 2.30. The second kappa shape index (κ2) is 5.44. The van der Waals surface area contributed by atoms with Gasteiger partial charge in [-0.15, -0.1) is 0 Å². The maximum Gasteiger partial charge on any atom is 0.323 e. The largest absolute Gasteiger partial charge is 0.480 e. The molecule has 2 rings (SSSR count). The van der Waals surface area contributed by atoms with Crippen LogP contribution >= 0.6 is 0 Å². The van der Waals surface area contributed by atoms with Crippen molar-refractivity contribution in [1.29, 1.82) is 0 Å². The number of carbonyl (C=O) groups is 2. The Balaban J connectivity index is 2.33. The van der Waals surface area contributed by atoms with Crippen LogP contribution < -0.4 is 5.56 Å². The van der Waals surface area contributed by atoms with E-state index in [1.807, 2.05) is 0 Å². The van der Waals surface area contributed by atoms with E-state index in [0.29, 0.717) is 23.7 Å². The number of nitrogens with zero attached hydrogens (tertiary/aromatic N) is 2. The van der Waals surface area contributed by atoms with E-state index in [1.165, 1.54) is 4.90 Å². The number of aromatic nitrogens is 2. The molecular formula is C13H17N3O4. The van der Waals surface area contributed by atoms with Crippen LogP contribution in [0.1, 0.15) is 34.5 Å². The number of H-pyrrole nitrogens is 1. The number of aryl methyl sites for hydroxylation is 1. The van der Waals surface area contributed by atoms with Gasteiger partial charge in [0.1, 0.15) is 12.1 Å². The molecule has 20 heavy (non-hydrogen) atoms. The van der Waals surface area contributed by atoms with E-state index in [4.69, 9.17) is 5.11 Å². The van der Waals surface area contributed by atoms with Crippen molar-refractivity contribution in [2.24, 2.45) is 5.92 Å². The van der Waals surface area contributed by atoms with Gasteiger partial charge < -0.3 is 10.0 Å². The Bertz CT molecular complexity index is 604. The summed E-state index contributed by atoms with van der Waals surface area (Å²) >= 11 is 0. The summed E-state index contributed by atoms with van der Waals surface area (Å²) in [5, 5.41) is 15.0. The van der Waals surface area contributed by atoms with Crippen molar-refractivity contribution in [3.63, 3.8) is 0 Å². The van der Waals surface area contributed by atoms with E-state index in [2.05, 4.69) is 10.2 Å². The minimum Gasteiger partial charge on any atom is -0.480 e. The zero-order valence-corrected chi connectivity index (χ0v) is 11.5. The molecule has 0 bridgehead atoms. The normalized spacial score (nSPS) is 14.1. The predicted molar refractivity (Wildman–Crippen MR) is 70.6 cm³/mol. The first-order valence-electron chi connectivity index (χ1n) is 6.47. The molecule has 1 heterocycles. The standard InChI is InChI=1S/C13H17N3O4/c1-7-8(2)14-15-12(19)11(7)13(20)16(6-10(17)18)5-9-3-4-9/h9H,3-6H2,1-2H3,(H,15,19)(H,17,18). The molecule has 1 amide bonds. The average Bonchev–Trinajstić information content (AvgIpc) is 3.17. The van der Waals surface area contributed by atoms with Gasteiger partial charge in [-0.1, -0.05) is 0 Å². The van der Waals surface area contributed by atoms with Crippen LogP contribution in [0, 0.1) is 19.8 Å². The number of aromatic amines is 1. The molecule has 1 aromatic rings. The molecule has 2 N–H and O–H groups in total. The van der Waals surface area contributed by atoms with E-state index >= 15 is 0 Å². The molecule has 0 aromatic carbocycles. The Labute approximate surface area is 115 Å². The summed E-state index contributed by atoms with van der Waals surface area (Å²) < 4.78 is 0. The number of amides is 1. The van der Waals surface area contributed by atoms with Crippen LogP contribution in [-0.4, -0.2) is 45.2 Å². The van der Waals surface area contributed by atoms with Crippen molar-refractivity contribution in [1.82, 2.24) is 15.1 Å². The summed E-state index contributed by atoms with van der Waals surface area (Å²) in [5.41, 5.74) is 0.447. The van der Waals surface area contributed by atoms with Gasteiger partial charge in [0.2, 0.25) is 0 Å². The van der Waals surface area contributed by atoms with Crippen molar-refractivity contribution in [3.8, 4) is 0 Å². The van der Waals surface area contributed by atoms with Crippen molar-refractivity contribution in [3.05, 3.63) is 27.2 Å². The second-order valence-corrected chi connectivity index (χ2v) is 5.16. The fourth-order valence-corrected chi connectivity index (χ4v) is 2.04. The fourth-order valence-electron chi connectivity index (χ4n) is 2.04. The zero-order chi connectivity index (χ0) is 14.9. The molecule has 7 heteroatoms. The molecular weight excluding hydrogens is 262 g/mol. The molecule has 1 aliphatic carbocycles. The molecule has 0 saturated heterocycles. The predicted octanol–water partition coefficient (Wildman–Crippen LogP) is 0.324. The van der Waals surface area contributed by atoms with E-state index in [9.17, 15) is 14.4 Å². The van der Waals surface area contributed by atoms with Crippen molar-refractivity contribution >= 4 is 11.9 Å². The number of nitrogens with one attached hydrogen (secondary N) is 1. The Hall–Kier alpha value is -2.18. The van der Waals surface area contributed by atoms with Gasteiger partial charge >= 0.3 is 5.97 Å². The SMILES string of the molecule is Cc1n[nH]c(=O)c(C(=O)N(CC(=O)O)CC2CC2)c1C. The van der Waals surface area contributed by atoms with Crippen molar-refractivity contribution in [2.75, 3.05) is 13.1 Å². The number of rotatable bonds is 5. The zero-order valence-electron chi connectivity index (χ0n) is 11.5. The van der Waals surface area contributed by atoms with Gasteiger partial charge in [-0.25, -0.2) is 5.10 Å². The van der Waals surface area contributed by atoms with Gasteiger partial charge in [0, 0.05) is 6.54 Å². The lowest BCUT2D eigenvalue weighted by Crippen LogP contribution is -2.40. The van der Waals surface area contributed by atoms with Crippen LogP contribution in [0.5, 0.6) is 0 Å². The Morgan fingerprint density at radius 2 is 2.05 bits per heavy atom. The quantitative estimate of drug-likeness (QED) is 0.808. The smallest absolute Gasteiger partial charge is 0.323 e. The number of aliphatic carboxylic acids is 1. The third-order valence-electron chi connectivity index (χ3n) is 3.47. The summed E-state index contributed by atoms with van der Waals surface area (Å²) in [6.07, 6.45) is 1.99. The van der Waals surface area contributed by atoms with Gasteiger partial charge in [0.15, 0.2) is 0 Å². The Morgan fingerprint density at radius 1 is 1.40 bits per heavy atom. The van der Waals surface area contributed by atoms with E-state index in [0.717, 1.165) is 12.8 Å².